The van der Waals surface area contributed by atoms with Crippen LogP contribution < -0.4 is 14.8 Å². The van der Waals surface area contributed by atoms with Crippen molar-refractivity contribution in [3.05, 3.63) is 84.2 Å². The molecule has 6 heteroatoms. The molecule has 3 aromatic rings. The Morgan fingerprint density at radius 2 is 1.78 bits per heavy atom. The predicted molar refractivity (Wildman–Crippen MR) is 125 cm³/mol. The van der Waals surface area contributed by atoms with Crippen LogP contribution in [0.4, 0.5) is 5.69 Å². The first-order valence-corrected chi connectivity index (χ1v) is 11.2. The van der Waals surface area contributed by atoms with Crippen molar-refractivity contribution >= 4 is 11.6 Å². The number of likely N-dealkylation sites (tertiary alicyclic amines) is 1. The van der Waals surface area contributed by atoms with E-state index >= 15 is 0 Å². The van der Waals surface area contributed by atoms with Crippen molar-refractivity contribution in [2.75, 3.05) is 31.6 Å². The smallest absolute Gasteiger partial charge is 0.259 e. The monoisotopic (exact) mass is 431 g/mol. The summed E-state index contributed by atoms with van der Waals surface area (Å²) in [5.74, 6) is 0.938. The van der Waals surface area contributed by atoms with Gasteiger partial charge in [0.2, 0.25) is 0 Å². The molecule has 0 saturated carbocycles. The van der Waals surface area contributed by atoms with Crippen molar-refractivity contribution in [3.8, 4) is 11.5 Å². The SMILES string of the molecule is O=C(Nc1ccccc1)c1ccc(OCCCN2CCCC2)cc1OCc1ccccn1. The number of hydrogen-bond donors (Lipinski definition) is 1. The summed E-state index contributed by atoms with van der Waals surface area (Å²) in [4.78, 5) is 19.7. The van der Waals surface area contributed by atoms with Gasteiger partial charge in [0.05, 0.1) is 17.9 Å². The third kappa shape index (κ3) is 6.31. The van der Waals surface area contributed by atoms with E-state index in [0.29, 0.717) is 23.7 Å². The highest BCUT2D eigenvalue weighted by Gasteiger charge is 2.15. The molecule has 1 fully saturated rings. The van der Waals surface area contributed by atoms with Crippen LogP contribution in [0.2, 0.25) is 0 Å². The minimum atomic E-state index is -0.229. The van der Waals surface area contributed by atoms with Crippen LogP contribution in [-0.2, 0) is 6.61 Å². The number of aromatic nitrogens is 1. The molecule has 0 unspecified atom stereocenters. The lowest BCUT2D eigenvalue weighted by molar-refractivity contribution is 0.102. The number of rotatable bonds is 10. The molecule has 1 saturated heterocycles. The lowest BCUT2D eigenvalue weighted by atomic mass is 10.1. The van der Waals surface area contributed by atoms with E-state index in [1.165, 1.54) is 25.9 Å². The van der Waals surface area contributed by atoms with Crippen LogP contribution in [0.25, 0.3) is 0 Å². The molecule has 6 nitrogen and oxygen atoms in total. The van der Waals surface area contributed by atoms with Gasteiger partial charge in [0.15, 0.2) is 0 Å². The van der Waals surface area contributed by atoms with Crippen LogP contribution in [0, 0.1) is 0 Å². The van der Waals surface area contributed by atoms with Crippen LogP contribution in [0.5, 0.6) is 11.5 Å². The molecular formula is C26H29N3O3. The molecule has 1 aromatic heterocycles. The Morgan fingerprint density at radius 1 is 0.969 bits per heavy atom. The first kappa shape index (κ1) is 21.8. The maximum absolute atomic E-state index is 12.9. The zero-order chi connectivity index (χ0) is 22.0. The quantitative estimate of drug-likeness (QED) is 0.468. The lowest BCUT2D eigenvalue weighted by Gasteiger charge is -2.16. The molecule has 166 valence electrons. The van der Waals surface area contributed by atoms with Gasteiger partial charge >= 0.3 is 0 Å². The average Bonchev–Trinajstić information content (AvgIpc) is 3.35. The second kappa shape index (κ2) is 11.3. The van der Waals surface area contributed by atoms with Gasteiger partial charge in [-0.2, -0.15) is 0 Å². The highest BCUT2D eigenvalue weighted by atomic mass is 16.5. The fourth-order valence-corrected chi connectivity index (χ4v) is 3.74. The average molecular weight is 432 g/mol. The second-order valence-electron chi connectivity index (χ2n) is 7.84. The molecule has 2 heterocycles. The first-order chi connectivity index (χ1) is 15.8. The van der Waals surface area contributed by atoms with Crippen molar-refractivity contribution in [3.63, 3.8) is 0 Å². The molecule has 0 spiro atoms. The van der Waals surface area contributed by atoms with E-state index in [1.54, 1.807) is 18.3 Å². The fraction of sp³-hybridized carbons (Fsp3) is 0.308. The molecule has 0 radical (unpaired) electrons. The minimum absolute atomic E-state index is 0.229. The van der Waals surface area contributed by atoms with Crippen molar-refractivity contribution in [1.82, 2.24) is 9.88 Å². The predicted octanol–water partition coefficient (Wildman–Crippen LogP) is 4.78. The number of carbonyl (C=O) groups excluding carboxylic acids is 1. The second-order valence-corrected chi connectivity index (χ2v) is 7.84. The van der Waals surface area contributed by atoms with Crippen molar-refractivity contribution < 1.29 is 14.3 Å². The number of benzene rings is 2. The van der Waals surface area contributed by atoms with Crippen molar-refractivity contribution in [2.24, 2.45) is 0 Å². The summed E-state index contributed by atoms with van der Waals surface area (Å²) in [5, 5.41) is 2.92. The van der Waals surface area contributed by atoms with Gasteiger partial charge in [-0.05, 0) is 68.8 Å². The van der Waals surface area contributed by atoms with E-state index in [4.69, 9.17) is 9.47 Å². The Balaban J connectivity index is 1.43. The van der Waals surface area contributed by atoms with Gasteiger partial charge < -0.3 is 19.7 Å². The molecule has 2 aromatic carbocycles. The van der Waals surface area contributed by atoms with Crippen LogP contribution in [0.3, 0.4) is 0 Å². The number of hydrogen-bond acceptors (Lipinski definition) is 5. The van der Waals surface area contributed by atoms with Crippen LogP contribution in [-0.4, -0.2) is 42.0 Å². The molecule has 1 aliphatic heterocycles. The Bertz CT molecular complexity index is 990. The van der Waals surface area contributed by atoms with E-state index < -0.39 is 0 Å². The van der Waals surface area contributed by atoms with Gasteiger partial charge in [0.25, 0.3) is 5.91 Å². The number of carbonyl (C=O) groups is 1. The summed E-state index contributed by atoms with van der Waals surface area (Å²) >= 11 is 0. The highest BCUT2D eigenvalue weighted by Crippen LogP contribution is 2.27. The van der Waals surface area contributed by atoms with Gasteiger partial charge in [0.1, 0.15) is 18.1 Å². The fourth-order valence-electron chi connectivity index (χ4n) is 3.74. The largest absolute Gasteiger partial charge is 0.493 e. The zero-order valence-corrected chi connectivity index (χ0v) is 18.2. The van der Waals surface area contributed by atoms with Crippen LogP contribution in [0.1, 0.15) is 35.3 Å². The molecule has 4 rings (SSSR count). The molecule has 1 amide bonds. The normalized spacial score (nSPS) is 13.6. The Hall–Kier alpha value is -3.38. The molecule has 0 bridgehead atoms. The molecular weight excluding hydrogens is 402 g/mol. The molecule has 1 aliphatic rings. The summed E-state index contributed by atoms with van der Waals surface area (Å²) in [7, 11) is 0. The molecule has 0 atom stereocenters. The summed E-state index contributed by atoms with van der Waals surface area (Å²) in [6.07, 6.45) is 5.29. The number of ether oxygens (including phenoxy) is 2. The topological polar surface area (TPSA) is 63.7 Å². The van der Waals surface area contributed by atoms with Crippen molar-refractivity contribution in [1.29, 1.82) is 0 Å². The molecule has 0 aliphatic carbocycles. The number of amides is 1. The van der Waals surface area contributed by atoms with E-state index in [0.717, 1.165) is 24.3 Å². The third-order valence-corrected chi connectivity index (χ3v) is 5.42. The number of pyridine rings is 1. The summed E-state index contributed by atoms with van der Waals surface area (Å²) in [5.41, 5.74) is 1.98. The van der Waals surface area contributed by atoms with Crippen LogP contribution in [0.15, 0.2) is 72.9 Å². The maximum Gasteiger partial charge on any atom is 0.259 e. The van der Waals surface area contributed by atoms with E-state index in [9.17, 15) is 4.79 Å². The van der Waals surface area contributed by atoms with Gasteiger partial charge in [-0.25, -0.2) is 0 Å². The number of nitrogens with zero attached hydrogens (tertiary/aromatic N) is 2. The standard InChI is InChI=1S/C26H29N3O3/c30-26(28-21-9-2-1-3-10-21)24-13-12-23(31-18-8-17-29-15-6-7-16-29)19-25(24)32-20-22-11-4-5-14-27-22/h1-5,9-14,19H,6-8,15-18,20H2,(H,28,30). The Morgan fingerprint density at radius 3 is 2.56 bits per heavy atom. The molecule has 32 heavy (non-hydrogen) atoms. The summed E-state index contributed by atoms with van der Waals surface area (Å²) < 4.78 is 12.0. The maximum atomic E-state index is 12.9. The van der Waals surface area contributed by atoms with E-state index in [1.807, 2.05) is 54.6 Å². The van der Waals surface area contributed by atoms with Gasteiger partial charge in [-0.1, -0.05) is 24.3 Å². The van der Waals surface area contributed by atoms with E-state index in [-0.39, 0.29) is 12.5 Å². The Labute approximate surface area is 189 Å². The first-order valence-electron chi connectivity index (χ1n) is 11.2. The van der Waals surface area contributed by atoms with E-state index in [2.05, 4.69) is 15.2 Å². The Kier molecular flexibility index (Phi) is 7.71. The summed E-state index contributed by atoms with van der Waals surface area (Å²) in [6.45, 7) is 4.34. The minimum Gasteiger partial charge on any atom is -0.493 e. The highest BCUT2D eigenvalue weighted by molar-refractivity contribution is 6.06. The third-order valence-electron chi connectivity index (χ3n) is 5.42. The number of anilines is 1. The van der Waals surface area contributed by atoms with Gasteiger partial charge in [-0.15, -0.1) is 0 Å². The molecule has 1 N–H and O–H groups in total. The van der Waals surface area contributed by atoms with Gasteiger partial charge in [-0.3, -0.25) is 9.78 Å². The zero-order valence-electron chi connectivity index (χ0n) is 18.2. The number of para-hydroxylation sites is 1. The van der Waals surface area contributed by atoms with Crippen molar-refractivity contribution in [2.45, 2.75) is 25.9 Å². The van der Waals surface area contributed by atoms with Crippen LogP contribution >= 0.6 is 0 Å². The van der Waals surface area contributed by atoms with Gasteiger partial charge in [0, 0.05) is 24.5 Å². The summed E-state index contributed by atoms with van der Waals surface area (Å²) in [6, 6.07) is 20.4. The number of nitrogens with one attached hydrogen (secondary N) is 1. The lowest BCUT2D eigenvalue weighted by Crippen LogP contribution is -2.21.